The van der Waals surface area contributed by atoms with Gasteiger partial charge in [-0.2, -0.15) is 0 Å². The Bertz CT molecular complexity index is 962. The first kappa shape index (κ1) is 21.5. The lowest BCUT2D eigenvalue weighted by Gasteiger charge is -2.17. The number of amides is 1. The van der Waals surface area contributed by atoms with Crippen LogP contribution in [0.2, 0.25) is 0 Å². The molecule has 28 heavy (non-hydrogen) atoms. The van der Waals surface area contributed by atoms with E-state index in [0.29, 0.717) is 6.54 Å². The molecule has 7 nitrogen and oxygen atoms in total. The molecule has 0 saturated heterocycles. The Kier molecular flexibility index (Phi) is 6.87. The van der Waals surface area contributed by atoms with E-state index in [1.165, 1.54) is 19.0 Å². The quantitative estimate of drug-likeness (QED) is 0.654. The standard InChI is InChI=1S/C19H21FN2O5S/c1-21(2)28(25,26)15-9-10-17(20)16(11-15)19(24)27-13-18(23)22(3)12-14-7-5-4-6-8-14/h4-11H,12-13H2,1-3H3. The fourth-order valence-electron chi connectivity index (χ4n) is 2.29. The summed E-state index contributed by atoms with van der Waals surface area (Å²) in [6.45, 7) is -0.269. The van der Waals surface area contributed by atoms with Crippen molar-refractivity contribution in [3.05, 3.63) is 65.5 Å². The van der Waals surface area contributed by atoms with Crippen molar-refractivity contribution >= 4 is 21.9 Å². The number of hydrogen-bond acceptors (Lipinski definition) is 5. The van der Waals surface area contributed by atoms with Gasteiger partial charge in [-0.05, 0) is 23.8 Å². The van der Waals surface area contributed by atoms with Gasteiger partial charge in [0.25, 0.3) is 5.91 Å². The number of likely N-dealkylation sites (N-methyl/N-ethyl adjacent to an activating group) is 1. The number of sulfonamides is 1. The van der Waals surface area contributed by atoms with Gasteiger partial charge in [0.15, 0.2) is 6.61 Å². The first-order valence-electron chi connectivity index (χ1n) is 8.30. The van der Waals surface area contributed by atoms with Gasteiger partial charge in [-0.15, -0.1) is 0 Å². The maximum atomic E-state index is 14.0. The SMILES string of the molecule is CN(Cc1ccccc1)C(=O)COC(=O)c1cc(S(=O)(=O)N(C)C)ccc1F. The largest absolute Gasteiger partial charge is 0.452 e. The molecule has 150 valence electrons. The second-order valence-corrected chi connectivity index (χ2v) is 8.39. The molecule has 9 heteroatoms. The molecule has 1 amide bonds. The van der Waals surface area contributed by atoms with Crippen LogP contribution in [-0.4, -0.2) is 57.2 Å². The monoisotopic (exact) mass is 408 g/mol. The number of benzene rings is 2. The van der Waals surface area contributed by atoms with E-state index in [9.17, 15) is 22.4 Å². The van der Waals surface area contributed by atoms with Crippen molar-refractivity contribution in [2.45, 2.75) is 11.4 Å². The van der Waals surface area contributed by atoms with Gasteiger partial charge in [0, 0.05) is 27.7 Å². The molecule has 0 aliphatic rings. The number of hydrogen-bond donors (Lipinski definition) is 0. The van der Waals surface area contributed by atoms with Gasteiger partial charge >= 0.3 is 5.97 Å². The molecular weight excluding hydrogens is 387 g/mol. The van der Waals surface area contributed by atoms with Gasteiger partial charge in [-0.1, -0.05) is 30.3 Å². The van der Waals surface area contributed by atoms with Gasteiger partial charge in [0.05, 0.1) is 10.5 Å². The lowest BCUT2D eigenvalue weighted by molar-refractivity contribution is -0.133. The van der Waals surface area contributed by atoms with Crippen LogP contribution in [0.3, 0.4) is 0 Å². The lowest BCUT2D eigenvalue weighted by atomic mass is 10.2. The molecule has 0 aromatic heterocycles. The fourth-order valence-corrected chi connectivity index (χ4v) is 3.22. The Balaban J connectivity index is 2.05. The van der Waals surface area contributed by atoms with Crippen LogP contribution in [-0.2, 0) is 26.1 Å². The van der Waals surface area contributed by atoms with Crippen LogP contribution in [0.4, 0.5) is 4.39 Å². The molecule has 0 radical (unpaired) electrons. The molecule has 0 bridgehead atoms. The molecule has 0 spiro atoms. The Labute approximate surface area is 163 Å². The lowest BCUT2D eigenvalue weighted by Crippen LogP contribution is -2.31. The number of carbonyl (C=O) groups excluding carboxylic acids is 2. The smallest absolute Gasteiger partial charge is 0.341 e. The minimum Gasteiger partial charge on any atom is -0.452 e. The summed E-state index contributed by atoms with van der Waals surface area (Å²) < 4.78 is 44.1. The first-order valence-corrected chi connectivity index (χ1v) is 9.74. The average Bonchev–Trinajstić information content (AvgIpc) is 2.66. The summed E-state index contributed by atoms with van der Waals surface area (Å²) in [6.07, 6.45) is 0. The third-order valence-electron chi connectivity index (χ3n) is 3.95. The van der Waals surface area contributed by atoms with Crippen LogP contribution in [0, 0.1) is 5.82 Å². The van der Waals surface area contributed by atoms with Crippen LogP contribution in [0.15, 0.2) is 53.4 Å². The van der Waals surface area contributed by atoms with E-state index in [-0.39, 0.29) is 4.90 Å². The zero-order valence-electron chi connectivity index (χ0n) is 15.8. The molecule has 2 aromatic rings. The van der Waals surface area contributed by atoms with Crippen LogP contribution in [0.1, 0.15) is 15.9 Å². The predicted molar refractivity (Wildman–Crippen MR) is 100 cm³/mol. The second-order valence-electron chi connectivity index (χ2n) is 6.24. The van der Waals surface area contributed by atoms with Gasteiger partial charge in [-0.25, -0.2) is 21.9 Å². The Morgan fingerprint density at radius 2 is 1.68 bits per heavy atom. The predicted octanol–water partition coefficient (Wildman–Crippen LogP) is 1.89. The molecular formula is C19H21FN2O5S. The first-order chi connectivity index (χ1) is 13.1. The fraction of sp³-hybridized carbons (Fsp3) is 0.263. The third-order valence-corrected chi connectivity index (χ3v) is 5.76. The molecule has 0 saturated carbocycles. The molecule has 0 N–H and O–H groups in total. The topological polar surface area (TPSA) is 84.0 Å². The van der Waals surface area contributed by atoms with Crippen LogP contribution in [0.25, 0.3) is 0 Å². The normalized spacial score (nSPS) is 11.3. The summed E-state index contributed by atoms with van der Waals surface area (Å²) >= 11 is 0. The highest BCUT2D eigenvalue weighted by Gasteiger charge is 2.23. The van der Waals surface area contributed by atoms with E-state index in [4.69, 9.17) is 4.74 Å². The minimum atomic E-state index is -3.85. The van der Waals surface area contributed by atoms with E-state index in [2.05, 4.69) is 0 Å². The van der Waals surface area contributed by atoms with Crippen molar-refractivity contribution in [2.24, 2.45) is 0 Å². The van der Waals surface area contributed by atoms with Gasteiger partial charge < -0.3 is 9.64 Å². The summed E-state index contributed by atoms with van der Waals surface area (Å²) in [5.41, 5.74) is 0.346. The molecule has 0 aliphatic heterocycles. The minimum absolute atomic E-state index is 0.252. The van der Waals surface area contributed by atoms with Crippen molar-refractivity contribution in [3.8, 4) is 0 Å². The summed E-state index contributed by atoms with van der Waals surface area (Å²) in [7, 11) is 0.339. The molecule has 0 unspecified atom stereocenters. The van der Waals surface area contributed by atoms with Gasteiger partial charge in [-0.3, -0.25) is 4.79 Å². The molecule has 2 aromatic carbocycles. The van der Waals surface area contributed by atoms with Crippen molar-refractivity contribution in [3.63, 3.8) is 0 Å². The van der Waals surface area contributed by atoms with Crippen molar-refractivity contribution in [2.75, 3.05) is 27.7 Å². The van der Waals surface area contributed by atoms with E-state index in [0.717, 1.165) is 28.1 Å². The zero-order valence-corrected chi connectivity index (χ0v) is 16.6. The molecule has 0 aliphatic carbocycles. The summed E-state index contributed by atoms with van der Waals surface area (Å²) in [5, 5.41) is 0. The number of rotatable bonds is 7. The number of ether oxygens (including phenoxy) is 1. The maximum Gasteiger partial charge on any atom is 0.341 e. The highest BCUT2D eigenvalue weighted by atomic mass is 32.2. The highest BCUT2D eigenvalue weighted by molar-refractivity contribution is 7.89. The van der Waals surface area contributed by atoms with Crippen LogP contribution in [0.5, 0.6) is 0 Å². The Hall–Kier alpha value is -2.78. The number of esters is 1. The molecule has 2 rings (SSSR count). The Morgan fingerprint density at radius 1 is 1.04 bits per heavy atom. The number of nitrogens with zero attached hydrogens (tertiary/aromatic N) is 2. The van der Waals surface area contributed by atoms with E-state index < -0.39 is 39.9 Å². The Morgan fingerprint density at radius 3 is 2.29 bits per heavy atom. The molecule has 0 fully saturated rings. The van der Waals surface area contributed by atoms with E-state index in [1.807, 2.05) is 30.3 Å². The van der Waals surface area contributed by atoms with Crippen molar-refractivity contribution in [1.82, 2.24) is 9.21 Å². The third kappa shape index (κ3) is 5.14. The van der Waals surface area contributed by atoms with E-state index in [1.54, 1.807) is 7.05 Å². The summed E-state index contributed by atoms with van der Waals surface area (Å²) in [4.78, 5) is 25.4. The van der Waals surface area contributed by atoms with Crippen molar-refractivity contribution in [1.29, 1.82) is 0 Å². The average molecular weight is 408 g/mol. The zero-order chi connectivity index (χ0) is 20.9. The highest BCUT2D eigenvalue weighted by Crippen LogP contribution is 2.18. The summed E-state index contributed by atoms with van der Waals surface area (Å²) in [5.74, 6) is -2.53. The molecule has 0 atom stereocenters. The number of halogens is 1. The van der Waals surface area contributed by atoms with Gasteiger partial charge in [0.2, 0.25) is 10.0 Å². The van der Waals surface area contributed by atoms with Crippen molar-refractivity contribution < 1.29 is 27.1 Å². The number of carbonyl (C=O) groups is 2. The van der Waals surface area contributed by atoms with Gasteiger partial charge in [0.1, 0.15) is 5.82 Å². The second kappa shape index (κ2) is 8.94. The van der Waals surface area contributed by atoms with Crippen LogP contribution < -0.4 is 0 Å². The maximum absolute atomic E-state index is 14.0. The molecule has 0 heterocycles. The van der Waals surface area contributed by atoms with Crippen LogP contribution >= 0.6 is 0 Å². The summed E-state index contributed by atoms with van der Waals surface area (Å²) in [6, 6.07) is 12.0. The van der Waals surface area contributed by atoms with E-state index >= 15 is 0 Å².